The summed E-state index contributed by atoms with van der Waals surface area (Å²) in [7, 11) is -3.70. The predicted molar refractivity (Wildman–Crippen MR) is 123 cm³/mol. The van der Waals surface area contributed by atoms with Gasteiger partial charge in [0.2, 0.25) is 10.0 Å². The van der Waals surface area contributed by atoms with Crippen LogP contribution in [0.1, 0.15) is 40.2 Å². The van der Waals surface area contributed by atoms with E-state index in [1.165, 1.54) is 18.2 Å². The third-order valence-electron chi connectivity index (χ3n) is 4.96. The van der Waals surface area contributed by atoms with E-state index in [9.17, 15) is 23.3 Å². The van der Waals surface area contributed by atoms with Crippen LogP contribution in [0.4, 0.5) is 5.69 Å². The van der Waals surface area contributed by atoms with E-state index in [4.69, 9.17) is 4.74 Å². The van der Waals surface area contributed by atoms with Crippen LogP contribution >= 0.6 is 0 Å². The van der Waals surface area contributed by atoms with Crippen molar-refractivity contribution in [2.45, 2.75) is 47.1 Å². The smallest absolute Gasteiger partial charge is 0.315 e. The number of carbonyl (C=O) groups excluding carboxylic acids is 1. The van der Waals surface area contributed by atoms with Gasteiger partial charge in [-0.05, 0) is 58.3 Å². The first-order chi connectivity index (χ1) is 14.9. The van der Waals surface area contributed by atoms with Gasteiger partial charge in [0.05, 0.1) is 11.5 Å². The SMILES string of the molecule is CCOC(=O)C1C(C)=NC(C)=C(C=CS(=O)(=O)NC(C)C)C1Cc1cccc([N+](=O)[O-])c1. The van der Waals surface area contributed by atoms with E-state index in [1.807, 2.05) is 0 Å². The van der Waals surface area contributed by atoms with Gasteiger partial charge in [0.1, 0.15) is 5.92 Å². The highest BCUT2D eigenvalue weighted by atomic mass is 32.2. The van der Waals surface area contributed by atoms with Crippen molar-refractivity contribution < 1.29 is 22.9 Å². The third kappa shape index (κ3) is 6.57. The lowest BCUT2D eigenvalue weighted by Crippen LogP contribution is -2.36. The third-order valence-corrected chi connectivity index (χ3v) is 6.25. The molecule has 174 valence electrons. The molecule has 2 atom stereocenters. The molecule has 1 aliphatic rings. The van der Waals surface area contributed by atoms with Gasteiger partial charge in [-0.25, -0.2) is 13.1 Å². The summed E-state index contributed by atoms with van der Waals surface area (Å²) < 4.78 is 32.4. The van der Waals surface area contributed by atoms with Crippen molar-refractivity contribution in [3.8, 4) is 0 Å². The number of aliphatic imine (C=N–C) groups is 1. The average molecular weight is 464 g/mol. The second-order valence-corrected chi connectivity index (χ2v) is 9.48. The number of nitrogens with one attached hydrogen (secondary N) is 1. The van der Waals surface area contributed by atoms with Crippen molar-refractivity contribution in [3.05, 3.63) is 62.7 Å². The lowest BCUT2D eigenvalue weighted by atomic mass is 9.76. The number of rotatable bonds is 9. The fourth-order valence-corrected chi connectivity index (χ4v) is 4.82. The highest BCUT2D eigenvalue weighted by Crippen LogP contribution is 2.35. The fourth-order valence-electron chi connectivity index (χ4n) is 3.76. The van der Waals surface area contributed by atoms with Gasteiger partial charge in [0, 0.05) is 40.9 Å². The van der Waals surface area contributed by atoms with Crippen molar-refractivity contribution in [2.24, 2.45) is 16.8 Å². The van der Waals surface area contributed by atoms with E-state index in [0.29, 0.717) is 22.5 Å². The van der Waals surface area contributed by atoms with Gasteiger partial charge in [0.25, 0.3) is 5.69 Å². The number of nitro benzene ring substituents is 1. The maximum absolute atomic E-state index is 12.8. The molecule has 0 fully saturated rings. The molecule has 0 spiro atoms. The minimum absolute atomic E-state index is 0.0575. The monoisotopic (exact) mass is 463 g/mol. The largest absolute Gasteiger partial charge is 0.465 e. The zero-order valence-electron chi connectivity index (χ0n) is 18.9. The van der Waals surface area contributed by atoms with Gasteiger partial charge in [-0.1, -0.05) is 12.1 Å². The number of hydrogen-bond acceptors (Lipinski definition) is 7. The van der Waals surface area contributed by atoms with Crippen LogP contribution in [-0.2, 0) is 26.0 Å². The summed E-state index contributed by atoms with van der Waals surface area (Å²) in [6.07, 6.45) is 1.72. The summed E-state index contributed by atoms with van der Waals surface area (Å²) in [6.45, 7) is 8.79. The molecule has 0 aromatic heterocycles. The topological polar surface area (TPSA) is 128 Å². The van der Waals surface area contributed by atoms with E-state index in [2.05, 4.69) is 9.71 Å². The summed E-state index contributed by atoms with van der Waals surface area (Å²) in [5.41, 5.74) is 2.29. The summed E-state index contributed by atoms with van der Waals surface area (Å²) in [4.78, 5) is 28.0. The molecule has 9 nitrogen and oxygen atoms in total. The molecular weight excluding hydrogens is 434 g/mol. The Bertz CT molecular complexity index is 1070. The maximum atomic E-state index is 12.8. The van der Waals surface area contributed by atoms with Crippen LogP contribution < -0.4 is 4.72 Å². The number of allylic oxidation sites excluding steroid dienone is 3. The number of non-ortho nitro benzene ring substituents is 1. The summed E-state index contributed by atoms with van der Waals surface area (Å²) >= 11 is 0. The summed E-state index contributed by atoms with van der Waals surface area (Å²) in [5.74, 6) is -1.71. The van der Waals surface area contributed by atoms with Crippen LogP contribution in [0.3, 0.4) is 0 Å². The molecule has 0 saturated heterocycles. The minimum Gasteiger partial charge on any atom is -0.465 e. The lowest BCUT2D eigenvalue weighted by Gasteiger charge is -2.31. The van der Waals surface area contributed by atoms with Crippen molar-refractivity contribution in [2.75, 3.05) is 6.61 Å². The zero-order valence-corrected chi connectivity index (χ0v) is 19.7. The molecule has 1 N–H and O–H groups in total. The normalized spacial score (nSPS) is 19.4. The zero-order chi connectivity index (χ0) is 24.1. The molecule has 0 saturated carbocycles. The summed E-state index contributed by atoms with van der Waals surface area (Å²) in [5, 5.41) is 12.3. The van der Waals surface area contributed by atoms with Crippen LogP contribution in [0, 0.1) is 22.0 Å². The maximum Gasteiger partial charge on any atom is 0.315 e. The predicted octanol–water partition coefficient (Wildman–Crippen LogP) is 3.52. The van der Waals surface area contributed by atoms with E-state index in [1.54, 1.807) is 46.8 Å². The molecule has 0 amide bonds. The highest BCUT2D eigenvalue weighted by molar-refractivity contribution is 7.92. The fraction of sp³-hybridized carbons (Fsp3) is 0.455. The molecular formula is C22H29N3O6S. The molecule has 0 radical (unpaired) electrons. The standard InChI is InChI=1S/C22H29N3O6S/c1-6-31-22(26)21-16(5)23-15(4)19(10-11-32(29,30)24-14(2)3)20(21)13-17-8-7-9-18(12-17)25(27)28/h7-12,14,20-21,24H,6,13H2,1-5H3. The number of sulfonamides is 1. The molecule has 32 heavy (non-hydrogen) atoms. The Morgan fingerprint density at radius 3 is 2.62 bits per heavy atom. The molecule has 0 bridgehead atoms. The van der Waals surface area contributed by atoms with Crippen molar-refractivity contribution in [1.82, 2.24) is 4.72 Å². The first-order valence-corrected chi connectivity index (χ1v) is 11.9. The van der Waals surface area contributed by atoms with Gasteiger partial charge >= 0.3 is 5.97 Å². The molecule has 2 unspecified atom stereocenters. The number of esters is 1. The van der Waals surface area contributed by atoms with E-state index in [-0.39, 0.29) is 24.8 Å². The van der Waals surface area contributed by atoms with E-state index >= 15 is 0 Å². The van der Waals surface area contributed by atoms with Gasteiger partial charge in [0.15, 0.2) is 0 Å². The Hall–Kier alpha value is -2.85. The molecule has 10 heteroatoms. The van der Waals surface area contributed by atoms with Crippen LogP contribution in [0.2, 0.25) is 0 Å². The molecule has 1 aromatic rings. The first-order valence-electron chi connectivity index (χ1n) is 10.3. The molecule has 0 aliphatic carbocycles. The molecule has 1 aromatic carbocycles. The molecule has 2 rings (SSSR count). The van der Waals surface area contributed by atoms with Crippen LogP contribution in [0.5, 0.6) is 0 Å². The van der Waals surface area contributed by atoms with Crippen molar-refractivity contribution >= 4 is 27.4 Å². The van der Waals surface area contributed by atoms with Gasteiger partial charge in [-0.15, -0.1) is 0 Å². The number of nitrogens with zero attached hydrogens (tertiary/aromatic N) is 2. The molecule has 1 aliphatic heterocycles. The first kappa shape index (κ1) is 25.4. The van der Waals surface area contributed by atoms with Crippen LogP contribution in [0.25, 0.3) is 0 Å². The Kier molecular flexibility index (Phi) is 8.45. The Labute approximate surface area is 188 Å². The van der Waals surface area contributed by atoms with Gasteiger partial charge in [-0.3, -0.25) is 19.9 Å². The number of carbonyl (C=O) groups is 1. The number of benzene rings is 1. The second kappa shape index (κ2) is 10.6. The molecule has 1 heterocycles. The number of nitro groups is 1. The summed E-state index contributed by atoms with van der Waals surface area (Å²) in [6, 6.07) is 5.89. The quantitative estimate of drug-likeness (QED) is 0.339. The Morgan fingerprint density at radius 1 is 1.34 bits per heavy atom. The van der Waals surface area contributed by atoms with Crippen LogP contribution in [-0.4, -0.2) is 37.7 Å². The Morgan fingerprint density at radius 2 is 2.03 bits per heavy atom. The highest BCUT2D eigenvalue weighted by Gasteiger charge is 2.37. The Balaban J connectivity index is 2.53. The lowest BCUT2D eigenvalue weighted by molar-refractivity contribution is -0.384. The van der Waals surface area contributed by atoms with Crippen LogP contribution in [0.15, 0.2) is 52.0 Å². The van der Waals surface area contributed by atoms with E-state index in [0.717, 1.165) is 5.41 Å². The average Bonchev–Trinajstić information content (AvgIpc) is 2.66. The number of hydrogen-bond donors (Lipinski definition) is 1. The van der Waals surface area contributed by atoms with Gasteiger partial charge in [-0.2, -0.15) is 0 Å². The minimum atomic E-state index is -3.70. The van der Waals surface area contributed by atoms with E-state index < -0.39 is 32.8 Å². The second-order valence-electron chi connectivity index (χ2n) is 7.88. The van der Waals surface area contributed by atoms with Crippen molar-refractivity contribution in [1.29, 1.82) is 0 Å². The van der Waals surface area contributed by atoms with Crippen molar-refractivity contribution in [3.63, 3.8) is 0 Å². The van der Waals surface area contributed by atoms with Gasteiger partial charge < -0.3 is 4.74 Å². The number of ether oxygens (including phenoxy) is 1.